The molecule has 0 heterocycles. The number of hydrogen-bond donors (Lipinski definition) is 1. The molecule has 0 radical (unpaired) electrons. The van der Waals surface area contributed by atoms with Crippen LogP contribution < -0.4 is 5.73 Å². The van der Waals surface area contributed by atoms with Gasteiger partial charge in [0.15, 0.2) is 0 Å². The SMILES string of the molecule is CC1CCC(C(C)(N)C2CCCC3=C2CCCC3)CC1. The van der Waals surface area contributed by atoms with Crippen molar-refractivity contribution in [2.24, 2.45) is 23.5 Å². The Hall–Kier alpha value is -0.300. The van der Waals surface area contributed by atoms with Gasteiger partial charge in [0.25, 0.3) is 0 Å². The molecule has 1 nitrogen and oxygen atoms in total. The second kappa shape index (κ2) is 5.83. The highest BCUT2D eigenvalue weighted by atomic mass is 14.8. The van der Waals surface area contributed by atoms with Gasteiger partial charge in [-0.25, -0.2) is 0 Å². The fourth-order valence-corrected chi connectivity index (χ4v) is 5.24. The number of hydrogen-bond acceptors (Lipinski definition) is 1. The topological polar surface area (TPSA) is 26.0 Å². The molecule has 3 rings (SSSR count). The fourth-order valence-electron chi connectivity index (χ4n) is 5.24. The minimum Gasteiger partial charge on any atom is -0.325 e. The van der Waals surface area contributed by atoms with E-state index in [2.05, 4.69) is 13.8 Å². The van der Waals surface area contributed by atoms with Gasteiger partial charge in [0, 0.05) is 5.54 Å². The quantitative estimate of drug-likeness (QED) is 0.689. The Morgan fingerprint density at radius 3 is 2.30 bits per heavy atom. The predicted octanol–water partition coefficient (Wildman–Crippen LogP) is 5.20. The van der Waals surface area contributed by atoms with E-state index in [1.807, 2.05) is 11.1 Å². The van der Waals surface area contributed by atoms with Crippen LogP contribution in [0.4, 0.5) is 0 Å². The summed E-state index contributed by atoms with van der Waals surface area (Å²) in [7, 11) is 0. The number of nitrogens with two attached hydrogens (primary N) is 1. The molecule has 0 aromatic rings. The van der Waals surface area contributed by atoms with Crippen LogP contribution in [-0.4, -0.2) is 5.54 Å². The summed E-state index contributed by atoms with van der Waals surface area (Å²) >= 11 is 0. The molecule has 0 saturated heterocycles. The van der Waals surface area contributed by atoms with Gasteiger partial charge in [-0.05, 0) is 82.5 Å². The Kier molecular flexibility index (Phi) is 4.26. The number of allylic oxidation sites excluding steroid dienone is 1. The first-order chi connectivity index (χ1) is 9.59. The summed E-state index contributed by atoms with van der Waals surface area (Å²) in [6.07, 6.45) is 15.2. The Balaban J connectivity index is 1.79. The molecule has 0 amide bonds. The second-order valence-electron chi connectivity index (χ2n) is 8.10. The highest BCUT2D eigenvalue weighted by Gasteiger charge is 2.42. The van der Waals surface area contributed by atoms with Gasteiger partial charge in [-0.15, -0.1) is 0 Å². The van der Waals surface area contributed by atoms with E-state index in [0.717, 1.165) is 11.8 Å². The third kappa shape index (κ3) is 2.71. The molecule has 20 heavy (non-hydrogen) atoms. The third-order valence-electron chi connectivity index (χ3n) is 6.67. The van der Waals surface area contributed by atoms with Gasteiger partial charge in [-0.1, -0.05) is 30.9 Å². The lowest BCUT2D eigenvalue weighted by Crippen LogP contribution is -2.53. The van der Waals surface area contributed by atoms with Crippen LogP contribution in [0.15, 0.2) is 11.1 Å². The standard InChI is InChI=1S/C19H33N/c1-14-10-12-16(13-11-14)19(2,20)18-9-5-7-15-6-3-4-8-17(15)18/h14,16,18H,3-13,20H2,1-2H3. The highest BCUT2D eigenvalue weighted by Crippen LogP contribution is 2.47. The van der Waals surface area contributed by atoms with Crippen LogP contribution >= 0.6 is 0 Å². The van der Waals surface area contributed by atoms with E-state index in [1.54, 1.807) is 0 Å². The fraction of sp³-hybridized carbons (Fsp3) is 0.895. The molecule has 0 bridgehead atoms. The van der Waals surface area contributed by atoms with Crippen molar-refractivity contribution < 1.29 is 0 Å². The molecular weight excluding hydrogens is 242 g/mol. The Morgan fingerprint density at radius 2 is 1.55 bits per heavy atom. The maximum atomic E-state index is 6.98. The Morgan fingerprint density at radius 1 is 0.900 bits per heavy atom. The second-order valence-corrected chi connectivity index (χ2v) is 8.10. The van der Waals surface area contributed by atoms with Gasteiger partial charge < -0.3 is 5.73 Å². The average Bonchev–Trinajstić information content (AvgIpc) is 2.47. The van der Waals surface area contributed by atoms with Crippen LogP contribution in [0.2, 0.25) is 0 Å². The summed E-state index contributed by atoms with van der Waals surface area (Å²) in [5, 5.41) is 0. The normalized spacial score (nSPS) is 38.2. The lowest BCUT2D eigenvalue weighted by molar-refractivity contribution is 0.136. The summed E-state index contributed by atoms with van der Waals surface area (Å²) in [6, 6.07) is 0. The van der Waals surface area contributed by atoms with Gasteiger partial charge in [0.1, 0.15) is 0 Å². The summed E-state index contributed by atoms with van der Waals surface area (Å²) in [5.41, 5.74) is 10.7. The molecule has 1 heteroatoms. The third-order valence-corrected chi connectivity index (χ3v) is 6.67. The van der Waals surface area contributed by atoms with Crippen LogP contribution in [-0.2, 0) is 0 Å². The van der Waals surface area contributed by atoms with Crippen molar-refractivity contribution in [2.45, 2.75) is 90.0 Å². The monoisotopic (exact) mass is 275 g/mol. The number of rotatable bonds is 2. The average molecular weight is 275 g/mol. The first-order valence-electron chi connectivity index (χ1n) is 9.08. The molecule has 2 unspecified atom stereocenters. The van der Waals surface area contributed by atoms with Gasteiger partial charge in [0.2, 0.25) is 0 Å². The van der Waals surface area contributed by atoms with Crippen molar-refractivity contribution in [2.75, 3.05) is 0 Å². The maximum Gasteiger partial charge on any atom is 0.0220 e. The zero-order valence-corrected chi connectivity index (χ0v) is 13.6. The molecule has 1 saturated carbocycles. The summed E-state index contributed by atoms with van der Waals surface area (Å²) in [6.45, 7) is 4.80. The van der Waals surface area contributed by atoms with Crippen LogP contribution in [0.25, 0.3) is 0 Å². The van der Waals surface area contributed by atoms with Gasteiger partial charge in [-0.2, -0.15) is 0 Å². The van der Waals surface area contributed by atoms with E-state index in [9.17, 15) is 0 Å². The molecule has 0 spiro atoms. The lowest BCUT2D eigenvalue weighted by Gasteiger charge is -2.47. The van der Waals surface area contributed by atoms with Crippen molar-refractivity contribution in [3.05, 3.63) is 11.1 Å². The van der Waals surface area contributed by atoms with E-state index in [-0.39, 0.29) is 5.54 Å². The van der Waals surface area contributed by atoms with E-state index < -0.39 is 0 Å². The molecule has 2 atom stereocenters. The maximum absolute atomic E-state index is 6.98. The van der Waals surface area contributed by atoms with Gasteiger partial charge in [-0.3, -0.25) is 0 Å². The van der Waals surface area contributed by atoms with E-state index >= 15 is 0 Å². The summed E-state index contributed by atoms with van der Waals surface area (Å²) < 4.78 is 0. The molecule has 114 valence electrons. The summed E-state index contributed by atoms with van der Waals surface area (Å²) in [4.78, 5) is 0. The van der Waals surface area contributed by atoms with E-state index in [4.69, 9.17) is 5.73 Å². The van der Waals surface area contributed by atoms with Gasteiger partial charge in [0.05, 0.1) is 0 Å². The largest absolute Gasteiger partial charge is 0.325 e. The van der Waals surface area contributed by atoms with E-state index in [0.29, 0.717) is 5.92 Å². The van der Waals surface area contributed by atoms with E-state index in [1.165, 1.54) is 70.6 Å². The Bertz CT molecular complexity index is 367. The smallest absolute Gasteiger partial charge is 0.0220 e. The first-order valence-corrected chi connectivity index (χ1v) is 9.08. The zero-order chi connectivity index (χ0) is 14.2. The molecular formula is C19H33N. The highest BCUT2D eigenvalue weighted by molar-refractivity contribution is 5.26. The predicted molar refractivity (Wildman–Crippen MR) is 86.5 cm³/mol. The minimum atomic E-state index is 0.0541. The molecule has 0 aliphatic heterocycles. The molecule has 0 aromatic carbocycles. The minimum absolute atomic E-state index is 0.0541. The van der Waals surface area contributed by atoms with Crippen molar-refractivity contribution in [1.82, 2.24) is 0 Å². The molecule has 3 aliphatic carbocycles. The molecule has 3 aliphatic rings. The van der Waals surface area contributed by atoms with Crippen molar-refractivity contribution >= 4 is 0 Å². The molecule has 2 N–H and O–H groups in total. The first kappa shape index (κ1) is 14.6. The Labute approximate surface area is 125 Å². The van der Waals surface area contributed by atoms with Crippen LogP contribution in [0.5, 0.6) is 0 Å². The van der Waals surface area contributed by atoms with Crippen molar-refractivity contribution in [3.63, 3.8) is 0 Å². The molecule has 1 fully saturated rings. The van der Waals surface area contributed by atoms with Crippen LogP contribution in [0.1, 0.15) is 84.5 Å². The lowest BCUT2D eigenvalue weighted by atomic mass is 9.61. The van der Waals surface area contributed by atoms with Gasteiger partial charge >= 0.3 is 0 Å². The van der Waals surface area contributed by atoms with Crippen LogP contribution in [0, 0.1) is 17.8 Å². The van der Waals surface area contributed by atoms with Crippen LogP contribution in [0.3, 0.4) is 0 Å². The summed E-state index contributed by atoms with van der Waals surface area (Å²) in [5.74, 6) is 2.39. The van der Waals surface area contributed by atoms with Crippen molar-refractivity contribution in [1.29, 1.82) is 0 Å². The molecule has 0 aromatic heterocycles. The zero-order valence-electron chi connectivity index (χ0n) is 13.6. The van der Waals surface area contributed by atoms with Crippen molar-refractivity contribution in [3.8, 4) is 0 Å².